The van der Waals surface area contributed by atoms with Gasteiger partial charge in [0.15, 0.2) is 0 Å². The van der Waals surface area contributed by atoms with E-state index in [1.54, 1.807) is 0 Å². The second-order valence-electron chi connectivity index (χ2n) is 6.17. The number of piperazine rings is 1. The van der Waals surface area contributed by atoms with E-state index in [0.717, 1.165) is 38.7 Å². The molecular formula is C16H24Cl3F3N2. The summed E-state index contributed by atoms with van der Waals surface area (Å²) >= 11 is 6.23. The average Bonchev–Trinajstić information content (AvgIpc) is 2.45. The van der Waals surface area contributed by atoms with Crippen LogP contribution in [0.4, 0.5) is 13.2 Å². The molecule has 1 aliphatic rings. The molecule has 1 aromatic rings. The highest BCUT2D eigenvalue weighted by molar-refractivity contribution is 6.31. The standard InChI is InChI=1S/C16H22ClF3N2.2ClH/c1-11(2)9-15(22-7-5-21-6-8-22)13-10-12(16(18,19)20)3-4-14(13)17;;/h3-4,10-11,15,21H,5-9H2,1-2H3;2*1H/t15-;;/m1../s1. The fourth-order valence-electron chi connectivity index (χ4n) is 2.89. The lowest BCUT2D eigenvalue weighted by atomic mass is 9.93. The predicted octanol–water partition coefficient (Wildman–Crippen LogP) is 5.19. The molecule has 1 aliphatic heterocycles. The van der Waals surface area contributed by atoms with Crippen molar-refractivity contribution in [3.8, 4) is 0 Å². The van der Waals surface area contributed by atoms with Crippen LogP contribution < -0.4 is 5.32 Å². The van der Waals surface area contributed by atoms with Crippen molar-refractivity contribution in [2.75, 3.05) is 26.2 Å². The normalized spacial score (nSPS) is 17.1. The lowest BCUT2D eigenvalue weighted by Gasteiger charge is -2.36. The highest BCUT2D eigenvalue weighted by atomic mass is 35.5. The van der Waals surface area contributed by atoms with E-state index >= 15 is 0 Å². The van der Waals surface area contributed by atoms with Crippen molar-refractivity contribution < 1.29 is 13.2 Å². The monoisotopic (exact) mass is 406 g/mol. The van der Waals surface area contributed by atoms with E-state index in [-0.39, 0.29) is 30.9 Å². The number of hydrogen-bond donors (Lipinski definition) is 1. The molecule has 140 valence electrons. The van der Waals surface area contributed by atoms with Crippen LogP contribution in [0.1, 0.15) is 37.4 Å². The zero-order valence-corrected chi connectivity index (χ0v) is 16.1. The molecule has 1 saturated heterocycles. The van der Waals surface area contributed by atoms with Crippen LogP contribution in [0.2, 0.25) is 5.02 Å². The first-order chi connectivity index (χ1) is 10.3. The van der Waals surface area contributed by atoms with E-state index in [1.807, 2.05) is 0 Å². The van der Waals surface area contributed by atoms with Gasteiger partial charge >= 0.3 is 6.18 Å². The summed E-state index contributed by atoms with van der Waals surface area (Å²) in [6, 6.07) is 3.57. The van der Waals surface area contributed by atoms with Gasteiger partial charge in [0.2, 0.25) is 0 Å². The molecule has 0 amide bonds. The van der Waals surface area contributed by atoms with Crippen molar-refractivity contribution in [3.63, 3.8) is 0 Å². The first-order valence-corrected chi connectivity index (χ1v) is 7.98. The van der Waals surface area contributed by atoms with Crippen LogP contribution in [-0.2, 0) is 6.18 Å². The molecule has 0 unspecified atom stereocenters. The van der Waals surface area contributed by atoms with Crippen molar-refractivity contribution in [2.45, 2.75) is 32.5 Å². The van der Waals surface area contributed by atoms with Gasteiger partial charge in [-0.05, 0) is 36.1 Å². The highest BCUT2D eigenvalue weighted by Gasteiger charge is 2.33. The Morgan fingerprint density at radius 1 is 1.17 bits per heavy atom. The van der Waals surface area contributed by atoms with Crippen molar-refractivity contribution >= 4 is 36.4 Å². The molecule has 1 N–H and O–H groups in total. The molecule has 1 fully saturated rings. The molecule has 2 rings (SSSR count). The number of rotatable bonds is 4. The number of hydrogen-bond acceptors (Lipinski definition) is 2. The minimum atomic E-state index is -4.34. The SMILES string of the molecule is CC(C)C[C@H](c1cc(C(F)(F)F)ccc1Cl)N1CCNCC1.Cl.Cl. The van der Waals surface area contributed by atoms with Crippen molar-refractivity contribution in [2.24, 2.45) is 5.92 Å². The number of halogens is 6. The first kappa shape index (κ1) is 23.8. The molecule has 8 heteroatoms. The lowest BCUT2D eigenvalue weighted by Crippen LogP contribution is -2.45. The topological polar surface area (TPSA) is 15.3 Å². The van der Waals surface area contributed by atoms with Crippen LogP contribution in [0.3, 0.4) is 0 Å². The molecule has 1 heterocycles. The highest BCUT2D eigenvalue weighted by Crippen LogP contribution is 2.37. The van der Waals surface area contributed by atoms with Gasteiger partial charge in [0.1, 0.15) is 0 Å². The van der Waals surface area contributed by atoms with Gasteiger partial charge in [-0.2, -0.15) is 13.2 Å². The van der Waals surface area contributed by atoms with E-state index in [2.05, 4.69) is 24.1 Å². The van der Waals surface area contributed by atoms with Crippen molar-refractivity contribution in [3.05, 3.63) is 34.3 Å². The van der Waals surface area contributed by atoms with Crippen LogP contribution in [0, 0.1) is 5.92 Å². The molecule has 0 aliphatic carbocycles. The number of alkyl halides is 3. The predicted molar refractivity (Wildman–Crippen MR) is 97.6 cm³/mol. The van der Waals surface area contributed by atoms with Crippen LogP contribution >= 0.6 is 36.4 Å². The molecule has 0 radical (unpaired) electrons. The number of benzene rings is 1. The minimum Gasteiger partial charge on any atom is -0.314 e. The summed E-state index contributed by atoms with van der Waals surface area (Å²) in [6.45, 7) is 7.51. The van der Waals surface area contributed by atoms with E-state index in [0.29, 0.717) is 16.5 Å². The molecule has 0 saturated carbocycles. The molecule has 0 spiro atoms. The molecular weight excluding hydrogens is 384 g/mol. The Balaban J connectivity index is 0.00000264. The number of nitrogens with zero attached hydrogens (tertiary/aromatic N) is 1. The smallest absolute Gasteiger partial charge is 0.314 e. The second-order valence-corrected chi connectivity index (χ2v) is 6.57. The lowest BCUT2D eigenvalue weighted by molar-refractivity contribution is -0.137. The van der Waals surface area contributed by atoms with E-state index in [4.69, 9.17) is 11.6 Å². The van der Waals surface area contributed by atoms with E-state index in [1.165, 1.54) is 12.1 Å². The number of nitrogens with one attached hydrogen (secondary N) is 1. The van der Waals surface area contributed by atoms with Gasteiger partial charge in [-0.15, -0.1) is 24.8 Å². The zero-order chi connectivity index (χ0) is 16.3. The van der Waals surface area contributed by atoms with Gasteiger partial charge in [-0.3, -0.25) is 4.90 Å². The Morgan fingerprint density at radius 3 is 2.25 bits per heavy atom. The third kappa shape index (κ3) is 6.26. The Morgan fingerprint density at radius 2 is 1.75 bits per heavy atom. The first-order valence-electron chi connectivity index (χ1n) is 7.60. The maximum absolute atomic E-state index is 13.0. The molecule has 0 bridgehead atoms. The maximum atomic E-state index is 13.0. The van der Waals surface area contributed by atoms with Gasteiger partial charge in [0, 0.05) is 37.2 Å². The third-order valence-electron chi connectivity index (χ3n) is 3.97. The fraction of sp³-hybridized carbons (Fsp3) is 0.625. The molecule has 1 aromatic carbocycles. The van der Waals surface area contributed by atoms with E-state index in [9.17, 15) is 13.2 Å². The van der Waals surface area contributed by atoms with Crippen LogP contribution in [0.25, 0.3) is 0 Å². The van der Waals surface area contributed by atoms with Crippen molar-refractivity contribution in [1.29, 1.82) is 0 Å². The summed E-state index contributed by atoms with van der Waals surface area (Å²) in [5.74, 6) is 0.380. The molecule has 2 nitrogen and oxygen atoms in total. The minimum absolute atomic E-state index is 0. The summed E-state index contributed by atoms with van der Waals surface area (Å²) in [4.78, 5) is 2.23. The largest absolute Gasteiger partial charge is 0.416 e. The molecule has 1 atom stereocenters. The van der Waals surface area contributed by atoms with Crippen LogP contribution in [-0.4, -0.2) is 31.1 Å². The summed E-state index contributed by atoms with van der Waals surface area (Å²) in [7, 11) is 0. The van der Waals surface area contributed by atoms with Gasteiger partial charge in [-0.25, -0.2) is 0 Å². The van der Waals surface area contributed by atoms with Crippen LogP contribution in [0.5, 0.6) is 0 Å². The van der Waals surface area contributed by atoms with Gasteiger partial charge in [0.25, 0.3) is 0 Å². The van der Waals surface area contributed by atoms with Gasteiger partial charge < -0.3 is 5.32 Å². The fourth-order valence-corrected chi connectivity index (χ4v) is 3.13. The molecule has 0 aromatic heterocycles. The second kappa shape index (κ2) is 10.1. The summed E-state index contributed by atoms with van der Waals surface area (Å²) in [6.07, 6.45) is -3.55. The summed E-state index contributed by atoms with van der Waals surface area (Å²) < 4.78 is 39.0. The van der Waals surface area contributed by atoms with Gasteiger partial charge in [-0.1, -0.05) is 25.4 Å². The quantitative estimate of drug-likeness (QED) is 0.738. The zero-order valence-electron chi connectivity index (χ0n) is 13.7. The third-order valence-corrected chi connectivity index (χ3v) is 4.31. The van der Waals surface area contributed by atoms with Crippen molar-refractivity contribution in [1.82, 2.24) is 10.2 Å². The Bertz CT molecular complexity index is 504. The average molecular weight is 408 g/mol. The van der Waals surface area contributed by atoms with E-state index < -0.39 is 11.7 Å². The summed E-state index contributed by atoms with van der Waals surface area (Å²) in [5.41, 5.74) is -0.0390. The Hall–Kier alpha value is -0.200. The Labute approximate surface area is 158 Å². The molecule has 24 heavy (non-hydrogen) atoms. The van der Waals surface area contributed by atoms with Crippen LogP contribution in [0.15, 0.2) is 18.2 Å². The maximum Gasteiger partial charge on any atom is 0.416 e. The Kier molecular flexibility index (Phi) is 9.99. The summed E-state index contributed by atoms with van der Waals surface area (Å²) in [5, 5.41) is 3.68. The van der Waals surface area contributed by atoms with Gasteiger partial charge in [0.05, 0.1) is 5.56 Å².